The monoisotopic (exact) mass is 448 g/mol. The Hall–Kier alpha value is -2.94. The topological polar surface area (TPSA) is 94.2 Å². The summed E-state index contributed by atoms with van der Waals surface area (Å²) in [6.45, 7) is 6.41. The van der Waals surface area contributed by atoms with Crippen LogP contribution in [0.3, 0.4) is 0 Å². The molecule has 0 bridgehead atoms. The maximum atomic E-state index is 13.1. The van der Waals surface area contributed by atoms with E-state index >= 15 is 0 Å². The Morgan fingerprint density at radius 3 is 2.52 bits per heavy atom. The van der Waals surface area contributed by atoms with E-state index in [1.165, 1.54) is 26.4 Å². The van der Waals surface area contributed by atoms with Crippen LogP contribution in [0.5, 0.6) is 17.2 Å². The van der Waals surface area contributed by atoms with Gasteiger partial charge in [0.1, 0.15) is 28.8 Å². The number of anilines is 2. The van der Waals surface area contributed by atoms with Crippen molar-refractivity contribution in [3.63, 3.8) is 0 Å². The number of amides is 1. The number of fused-ring (bicyclic) bond motifs is 1. The van der Waals surface area contributed by atoms with Gasteiger partial charge in [0.05, 0.1) is 31.0 Å². The highest BCUT2D eigenvalue weighted by Crippen LogP contribution is 2.39. The van der Waals surface area contributed by atoms with Crippen LogP contribution in [-0.2, 0) is 14.8 Å². The van der Waals surface area contributed by atoms with Crippen LogP contribution in [0, 0.1) is 5.41 Å². The standard InChI is InChI=1S/C22H28N2O6S/c1-6-11-24-17-9-7-15(12-19(17)30-14-22(2,3)21(24)25)23-31(26,27)20-13-16(28-4)8-10-18(20)29-5/h7-10,12-13,23H,6,11,14H2,1-5H3. The van der Waals surface area contributed by atoms with Crippen molar-refractivity contribution in [2.45, 2.75) is 32.1 Å². The summed E-state index contributed by atoms with van der Waals surface area (Å²) in [6, 6.07) is 9.45. The number of ether oxygens (including phenoxy) is 3. The second kappa shape index (κ2) is 8.66. The van der Waals surface area contributed by atoms with Gasteiger partial charge in [-0.15, -0.1) is 0 Å². The second-order valence-electron chi connectivity index (χ2n) is 7.93. The van der Waals surface area contributed by atoms with Crippen molar-refractivity contribution in [2.24, 2.45) is 5.41 Å². The van der Waals surface area contributed by atoms with Gasteiger partial charge in [0.2, 0.25) is 5.91 Å². The first-order valence-corrected chi connectivity index (χ1v) is 11.4. The van der Waals surface area contributed by atoms with Crippen molar-refractivity contribution < 1.29 is 27.4 Å². The SMILES string of the molecule is CCCN1C(=O)C(C)(C)COc2cc(NS(=O)(=O)c3cc(OC)ccc3OC)ccc21. The minimum Gasteiger partial charge on any atom is -0.497 e. The molecule has 1 aliphatic rings. The summed E-state index contributed by atoms with van der Waals surface area (Å²) in [5, 5.41) is 0. The summed E-state index contributed by atoms with van der Waals surface area (Å²) < 4.78 is 44.9. The second-order valence-corrected chi connectivity index (χ2v) is 9.58. The van der Waals surface area contributed by atoms with Gasteiger partial charge >= 0.3 is 0 Å². The molecule has 0 spiro atoms. The van der Waals surface area contributed by atoms with E-state index in [9.17, 15) is 13.2 Å². The molecule has 1 aliphatic heterocycles. The lowest BCUT2D eigenvalue weighted by Crippen LogP contribution is -2.42. The van der Waals surface area contributed by atoms with Crippen LogP contribution in [0.2, 0.25) is 0 Å². The van der Waals surface area contributed by atoms with E-state index in [0.717, 1.165) is 6.42 Å². The van der Waals surface area contributed by atoms with Crippen LogP contribution in [0.25, 0.3) is 0 Å². The maximum absolute atomic E-state index is 13.1. The Morgan fingerprint density at radius 1 is 1.13 bits per heavy atom. The fraction of sp³-hybridized carbons (Fsp3) is 0.409. The van der Waals surface area contributed by atoms with Crippen molar-refractivity contribution in [2.75, 3.05) is 37.0 Å². The third kappa shape index (κ3) is 4.56. The Morgan fingerprint density at radius 2 is 1.87 bits per heavy atom. The number of hydrogen-bond donors (Lipinski definition) is 1. The highest BCUT2D eigenvalue weighted by molar-refractivity contribution is 7.92. The van der Waals surface area contributed by atoms with Gasteiger partial charge in [-0.1, -0.05) is 6.92 Å². The number of rotatable bonds is 7. The number of carbonyl (C=O) groups is 1. The molecule has 0 aliphatic carbocycles. The molecule has 2 aromatic rings. The number of nitrogens with zero attached hydrogens (tertiary/aromatic N) is 1. The first-order chi connectivity index (χ1) is 14.6. The van der Waals surface area contributed by atoms with E-state index in [1.807, 2.05) is 20.8 Å². The van der Waals surface area contributed by atoms with Gasteiger partial charge in [0.25, 0.3) is 10.0 Å². The average molecular weight is 449 g/mol. The maximum Gasteiger partial charge on any atom is 0.265 e. The van der Waals surface area contributed by atoms with Gasteiger partial charge in [-0.3, -0.25) is 9.52 Å². The number of sulfonamides is 1. The molecule has 1 heterocycles. The van der Waals surface area contributed by atoms with Gasteiger partial charge in [-0.25, -0.2) is 8.42 Å². The molecule has 0 aromatic heterocycles. The zero-order valence-corrected chi connectivity index (χ0v) is 19.2. The van der Waals surface area contributed by atoms with E-state index < -0.39 is 15.4 Å². The molecule has 9 heteroatoms. The molecule has 0 unspecified atom stereocenters. The predicted molar refractivity (Wildman–Crippen MR) is 119 cm³/mol. The van der Waals surface area contributed by atoms with Crippen molar-refractivity contribution in [1.82, 2.24) is 0 Å². The lowest BCUT2D eigenvalue weighted by molar-refractivity contribution is -0.127. The summed E-state index contributed by atoms with van der Waals surface area (Å²) in [6.07, 6.45) is 0.783. The Kier molecular flexibility index (Phi) is 6.35. The average Bonchev–Trinajstić information content (AvgIpc) is 2.83. The van der Waals surface area contributed by atoms with Gasteiger partial charge in [-0.2, -0.15) is 0 Å². The molecular formula is C22H28N2O6S. The normalized spacial score (nSPS) is 15.5. The molecule has 0 saturated carbocycles. The predicted octanol–water partition coefficient (Wildman–Crippen LogP) is 3.67. The molecule has 0 saturated heterocycles. The summed E-state index contributed by atoms with van der Waals surface area (Å²) in [5.41, 5.74) is 0.244. The Labute approximate surface area is 183 Å². The van der Waals surface area contributed by atoms with Crippen LogP contribution >= 0.6 is 0 Å². The number of methoxy groups -OCH3 is 2. The Bertz CT molecular complexity index is 1080. The summed E-state index contributed by atoms with van der Waals surface area (Å²) in [5.74, 6) is 1.01. The van der Waals surface area contributed by atoms with E-state index in [-0.39, 0.29) is 23.2 Å². The first kappa shape index (κ1) is 22.7. The van der Waals surface area contributed by atoms with E-state index in [0.29, 0.717) is 29.4 Å². The molecule has 0 fully saturated rings. The lowest BCUT2D eigenvalue weighted by Gasteiger charge is -2.27. The van der Waals surface area contributed by atoms with Crippen LogP contribution in [-0.4, -0.2) is 41.7 Å². The van der Waals surface area contributed by atoms with E-state index in [2.05, 4.69) is 4.72 Å². The minimum absolute atomic E-state index is 0.0254. The Balaban J connectivity index is 1.98. The largest absolute Gasteiger partial charge is 0.497 e. The van der Waals surface area contributed by atoms with Crippen LogP contribution in [0.4, 0.5) is 11.4 Å². The van der Waals surface area contributed by atoms with Crippen molar-refractivity contribution in [3.05, 3.63) is 36.4 Å². The van der Waals surface area contributed by atoms with Crippen molar-refractivity contribution >= 4 is 27.3 Å². The molecule has 31 heavy (non-hydrogen) atoms. The molecule has 2 aromatic carbocycles. The van der Waals surface area contributed by atoms with E-state index in [4.69, 9.17) is 14.2 Å². The number of carbonyl (C=O) groups excluding carboxylic acids is 1. The summed E-state index contributed by atoms with van der Waals surface area (Å²) in [7, 11) is -1.11. The lowest BCUT2D eigenvalue weighted by atomic mass is 9.93. The summed E-state index contributed by atoms with van der Waals surface area (Å²) >= 11 is 0. The molecule has 168 valence electrons. The zero-order valence-electron chi connectivity index (χ0n) is 18.4. The zero-order chi connectivity index (χ0) is 22.8. The number of hydrogen-bond acceptors (Lipinski definition) is 6. The van der Waals surface area contributed by atoms with Crippen molar-refractivity contribution in [1.29, 1.82) is 0 Å². The molecule has 1 N–H and O–H groups in total. The van der Waals surface area contributed by atoms with E-state index in [1.54, 1.807) is 29.2 Å². The van der Waals surface area contributed by atoms with Gasteiger partial charge in [-0.05, 0) is 44.5 Å². The number of benzene rings is 2. The first-order valence-electron chi connectivity index (χ1n) is 9.96. The fourth-order valence-corrected chi connectivity index (χ4v) is 4.60. The van der Waals surface area contributed by atoms with Gasteiger partial charge < -0.3 is 19.1 Å². The third-order valence-corrected chi connectivity index (χ3v) is 6.43. The quantitative estimate of drug-likeness (QED) is 0.695. The van der Waals surface area contributed by atoms with Crippen molar-refractivity contribution in [3.8, 4) is 17.2 Å². The molecule has 8 nitrogen and oxygen atoms in total. The molecule has 0 atom stereocenters. The molecule has 0 radical (unpaired) electrons. The summed E-state index contributed by atoms with van der Waals surface area (Å²) in [4.78, 5) is 14.6. The number of nitrogens with one attached hydrogen (secondary N) is 1. The molecular weight excluding hydrogens is 420 g/mol. The van der Waals surface area contributed by atoms with Gasteiger partial charge in [0.15, 0.2) is 0 Å². The molecule has 3 rings (SSSR count). The highest BCUT2D eigenvalue weighted by Gasteiger charge is 2.37. The fourth-order valence-electron chi connectivity index (χ4n) is 3.36. The highest BCUT2D eigenvalue weighted by atomic mass is 32.2. The van der Waals surface area contributed by atoms with Crippen LogP contribution in [0.1, 0.15) is 27.2 Å². The minimum atomic E-state index is -3.97. The van der Waals surface area contributed by atoms with Gasteiger partial charge in [0, 0.05) is 18.7 Å². The third-order valence-electron chi connectivity index (χ3n) is 5.02. The van der Waals surface area contributed by atoms with Crippen LogP contribution < -0.4 is 23.8 Å². The molecule has 1 amide bonds. The van der Waals surface area contributed by atoms with Crippen LogP contribution in [0.15, 0.2) is 41.3 Å². The smallest absolute Gasteiger partial charge is 0.265 e.